The monoisotopic (exact) mass is 269 g/mol. The molecule has 5 nitrogen and oxygen atoms in total. The van der Waals surface area contributed by atoms with Crippen molar-refractivity contribution in [3.63, 3.8) is 0 Å². The highest BCUT2D eigenvalue weighted by Gasteiger charge is 2.12. The van der Waals surface area contributed by atoms with E-state index in [-0.39, 0.29) is 0 Å². The zero-order chi connectivity index (χ0) is 13.6. The van der Waals surface area contributed by atoms with Crippen LogP contribution in [0.4, 0.5) is 5.95 Å². The molecule has 20 heavy (non-hydrogen) atoms. The average molecular weight is 269 g/mol. The molecule has 2 N–H and O–H groups in total. The highest BCUT2D eigenvalue weighted by atomic mass is 15.1. The molecule has 0 spiro atoms. The van der Waals surface area contributed by atoms with Gasteiger partial charge in [0.05, 0.1) is 0 Å². The third kappa shape index (κ3) is 3.30. The normalized spacial score (nSPS) is 18.7. The molecular weight excluding hydrogens is 250 g/mol. The summed E-state index contributed by atoms with van der Waals surface area (Å²) in [7, 11) is 0. The molecule has 104 valence electrons. The molecule has 1 atom stereocenters. The Morgan fingerprint density at radius 2 is 1.90 bits per heavy atom. The molecule has 1 unspecified atom stereocenters. The van der Waals surface area contributed by atoms with Crippen molar-refractivity contribution in [1.29, 1.82) is 0 Å². The fourth-order valence-corrected chi connectivity index (χ4v) is 2.43. The summed E-state index contributed by atoms with van der Waals surface area (Å²) >= 11 is 0. The molecule has 2 aromatic rings. The summed E-state index contributed by atoms with van der Waals surface area (Å²) in [6, 6.07) is 4.45. The minimum Gasteiger partial charge on any atom is -0.353 e. The van der Waals surface area contributed by atoms with Gasteiger partial charge in [-0.25, -0.2) is 9.97 Å². The molecule has 0 bridgehead atoms. The van der Waals surface area contributed by atoms with Crippen LogP contribution >= 0.6 is 0 Å². The number of piperidine rings is 1. The Kier molecular flexibility index (Phi) is 4.18. The quantitative estimate of drug-likeness (QED) is 0.890. The van der Waals surface area contributed by atoms with Crippen molar-refractivity contribution in [2.24, 2.45) is 0 Å². The molecule has 3 rings (SSSR count). The van der Waals surface area contributed by atoms with Gasteiger partial charge >= 0.3 is 0 Å². The summed E-state index contributed by atoms with van der Waals surface area (Å²) in [5, 5.41) is 6.80. The lowest BCUT2D eigenvalue weighted by atomic mass is 10.1. The molecule has 3 heterocycles. The number of rotatable bonds is 4. The van der Waals surface area contributed by atoms with E-state index in [1.807, 2.05) is 24.5 Å². The summed E-state index contributed by atoms with van der Waals surface area (Å²) < 4.78 is 0. The van der Waals surface area contributed by atoms with Crippen molar-refractivity contribution >= 4 is 5.95 Å². The Labute approximate surface area is 118 Å². The smallest absolute Gasteiger partial charge is 0.222 e. The fourth-order valence-electron chi connectivity index (χ4n) is 2.43. The van der Waals surface area contributed by atoms with E-state index in [1.54, 1.807) is 12.4 Å². The van der Waals surface area contributed by atoms with Crippen molar-refractivity contribution in [2.45, 2.75) is 25.3 Å². The standard InChI is InChI=1S/C15H19N5/c1-2-6-17-14(3-1)11-20-15-18-9-13(10-19-15)12-4-7-16-8-5-12/h4-5,7-10,14,17H,1-3,6,11H2,(H,18,19,20). The van der Waals surface area contributed by atoms with E-state index in [4.69, 9.17) is 0 Å². The van der Waals surface area contributed by atoms with Gasteiger partial charge in [0.1, 0.15) is 0 Å². The maximum Gasteiger partial charge on any atom is 0.222 e. The largest absolute Gasteiger partial charge is 0.353 e. The van der Waals surface area contributed by atoms with Gasteiger partial charge in [0.2, 0.25) is 5.95 Å². The van der Waals surface area contributed by atoms with Crippen molar-refractivity contribution in [1.82, 2.24) is 20.3 Å². The number of aromatic nitrogens is 3. The second-order valence-electron chi connectivity index (χ2n) is 5.06. The van der Waals surface area contributed by atoms with Crippen LogP contribution in [0.1, 0.15) is 19.3 Å². The molecule has 0 saturated carbocycles. The van der Waals surface area contributed by atoms with E-state index in [0.29, 0.717) is 12.0 Å². The van der Waals surface area contributed by atoms with Crippen molar-refractivity contribution in [3.8, 4) is 11.1 Å². The van der Waals surface area contributed by atoms with Gasteiger partial charge < -0.3 is 10.6 Å². The van der Waals surface area contributed by atoms with Gasteiger partial charge in [-0.1, -0.05) is 6.42 Å². The van der Waals surface area contributed by atoms with Crippen molar-refractivity contribution in [3.05, 3.63) is 36.9 Å². The molecule has 0 amide bonds. The van der Waals surface area contributed by atoms with Crippen LogP contribution in [0.2, 0.25) is 0 Å². The Morgan fingerprint density at radius 3 is 2.60 bits per heavy atom. The van der Waals surface area contributed by atoms with E-state index >= 15 is 0 Å². The fraction of sp³-hybridized carbons (Fsp3) is 0.400. The molecule has 0 aliphatic carbocycles. The van der Waals surface area contributed by atoms with Crippen LogP contribution in [0.3, 0.4) is 0 Å². The molecule has 2 aromatic heterocycles. The van der Waals surface area contributed by atoms with Crippen LogP contribution < -0.4 is 10.6 Å². The maximum atomic E-state index is 4.37. The van der Waals surface area contributed by atoms with E-state index in [0.717, 1.165) is 24.2 Å². The van der Waals surface area contributed by atoms with Gasteiger partial charge in [-0.2, -0.15) is 0 Å². The number of hydrogen-bond acceptors (Lipinski definition) is 5. The molecule has 0 radical (unpaired) electrons. The van der Waals surface area contributed by atoms with Crippen molar-refractivity contribution < 1.29 is 0 Å². The number of hydrogen-bond donors (Lipinski definition) is 2. The SMILES string of the molecule is c1cc(-c2cnc(NCC3CCCCN3)nc2)ccn1. The first-order valence-electron chi connectivity index (χ1n) is 7.11. The first-order valence-corrected chi connectivity index (χ1v) is 7.11. The van der Waals surface area contributed by atoms with Crippen LogP contribution in [0.5, 0.6) is 0 Å². The molecule has 5 heteroatoms. The third-order valence-corrected chi connectivity index (χ3v) is 3.58. The Hall–Kier alpha value is -2.01. The number of nitrogens with one attached hydrogen (secondary N) is 2. The van der Waals surface area contributed by atoms with Gasteiger partial charge in [0, 0.05) is 42.9 Å². The highest BCUT2D eigenvalue weighted by Crippen LogP contribution is 2.16. The molecular formula is C15H19N5. The summed E-state index contributed by atoms with van der Waals surface area (Å²) in [6.07, 6.45) is 11.1. The van der Waals surface area contributed by atoms with Crippen LogP contribution in [0.25, 0.3) is 11.1 Å². The lowest BCUT2D eigenvalue weighted by Crippen LogP contribution is -2.39. The predicted octanol–water partition coefficient (Wildman–Crippen LogP) is 2.09. The number of nitrogens with zero attached hydrogens (tertiary/aromatic N) is 3. The molecule has 0 aromatic carbocycles. The lowest BCUT2D eigenvalue weighted by molar-refractivity contribution is 0.413. The summed E-state index contributed by atoms with van der Waals surface area (Å²) in [5.74, 6) is 0.690. The molecule has 1 fully saturated rings. The van der Waals surface area contributed by atoms with Crippen LogP contribution in [-0.2, 0) is 0 Å². The van der Waals surface area contributed by atoms with E-state index < -0.39 is 0 Å². The zero-order valence-electron chi connectivity index (χ0n) is 11.4. The van der Waals surface area contributed by atoms with Gasteiger partial charge in [0.15, 0.2) is 0 Å². The molecule has 1 aliphatic heterocycles. The summed E-state index contributed by atoms with van der Waals surface area (Å²) in [4.78, 5) is 12.7. The lowest BCUT2D eigenvalue weighted by Gasteiger charge is -2.23. The molecule has 1 aliphatic rings. The van der Waals surface area contributed by atoms with Gasteiger partial charge in [0.25, 0.3) is 0 Å². The second kappa shape index (κ2) is 6.43. The predicted molar refractivity (Wildman–Crippen MR) is 79.4 cm³/mol. The highest BCUT2D eigenvalue weighted by molar-refractivity contribution is 5.61. The van der Waals surface area contributed by atoms with Crippen LogP contribution in [-0.4, -0.2) is 34.1 Å². The topological polar surface area (TPSA) is 62.7 Å². The Morgan fingerprint density at radius 1 is 1.10 bits per heavy atom. The minimum absolute atomic E-state index is 0.534. The van der Waals surface area contributed by atoms with Crippen LogP contribution in [0, 0.1) is 0 Å². The Bertz CT molecular complexity index is 520. The van der Waals surface area contributed by atoms with E-state index in [9.17, 15) is 0 Å². The van der Waals surface area contributed by atoms with Gasteiger partial charge in [-0.05, 0) is 37.1 Å². The maximum absolute atomic E-state index is 4.37. The van der Waals surface area contributed by atoms with Crippen LogP contribution in [0.15, 0.2) is 36.9 Å². The van der Waals surface area contributed by atoms with Gasteiger partial charge in [-0.3, -0.25) is 4.98 Å². The zero-order valence-corrected chi connectivity index (χ0v) is 11.4. The summed E-state index contributed by atoms with van der Waals surface area (Å²) in [5.41, 5.74) is 2.09. The third-order valence-electron chi connectivity index (χ3n) is 3.58. The second-order valence-corrected chi connectivity index (χ2v) is 5.06. The number of anilines is 1. The average Bonchev–Trinajstić information content (AvgIpc) is 2.55. The summed E-state index contributed by atoms with van der Waals surface area (Å²) in [6.45, 7) is 2.00. The van der Waals surface area contributed by atoms with Crippen molar-refractivity contribution in [2.75, 3.05) is 18.4 Å². The molecule has 1 saturated heterocycles. The minimum atomic E-state index is 0.534. The first kappa shape index (κ1) is 13.0. The number of pyridine rings is 1. The Balaban J connectivity index is 1.58. The van der Waals surface area contributed by atoms with E-state index in [1.165, 1.54) is 19.3 Å². The van der Waals surface area contributed by atoms with Gasteiger partial charge in [-0.15, -0.1) is 0 Å². The van der Waals surface area contributed by atoms with E-state index in [2.05, 4.69) is 25.6 Å². The first-order chi connectivity index (χ1) is 9.92.